The number of carbonyl (C=O) groups excluding carboxylic acids is 2. The number of nitrogens with one attached hydrogen (secondary N) is 1. The quantitative estimate of drug-likeness (QED) is 0.417. The van der Waals surface area contributed by atoms with Gasteiger partial charge in [-0.15, -0.1) is 0 Å². The molecule has 0 fully saturated rings. The number of ether oxygens (including phenoxy) is 2. The summed E-state index contributed by atoms with van der Waals surface area (Å²) in [6, 6.07) is 3.65. The molecule has 1 N–H and O–H groups in total. The van der Waals surface area contributed by atoms with Gasteiger partial charge in [-0.1, -0.05) is 12.7 Å². The Bertz CT molecular complexity index is 759. The third-order valence-corrected chi connectivity index (χ3v) is 4.50. The van der Waals surface area contributed by atoms with Crippen LogP contribution in [0.2, 0.25) is 0 Å². The second kappa shape index (κ2) is 8.34. The zero-order chi connectivity index (χ0) is 17.7. The summed E-state index contributed by atoms with van der Waals surface area (Å²) in [4.78, 5) is 27.2. The lowest BCUT2D eigenvalue weighted by Gasteiger charge is -2.12. The third kappa shape index (κ3) is 4.60. The number of amidine groups is 1. The Morgan fingerprint density at radius 2 is 2.25 bits per heavy atom. The van der Waals surface area contributed by atoms with E-state index in [9.17, 15) is 9.59 Å². The summed E-state index contributed by atoms with van der Waals surface area (Å²) >= 11 is 3.26. The zero-order valence-electron chi connectivity index (χ0n) is 13.1. The molecule has 0 saturated carbocycles. The highest BCUT2D eigenvalue weighted by molar-refractivity contribution is 14.1. The van der Waals surface area contributed by atoms with Gasteiger partial charge in [-0.25, -0.2) is 0 Å². The first-order valence-corrected chi connectivity index (χ1v) is 8.75. The summed E-state index contributed by atoms with van der Waals surface area (Å²) < 4.78 is 11.8. The Balaban J connectivity index is 2.27. The summed E-state index contributed by atoms with van der Waals surface area (Å²) in [7, 11) is 1.55. The van der Waals surface area contributed by atoms with Gasteiger partial charge in [0.15, 0.2) is 16.7 Å². The molecule has 1 heterocycles. The Labute approximate surface area is 157 Å². The van der Waals surface area contributed by atoms with Gasteiger partial charge in [-0.2, -0.15) is 4.99 Å². The van der Waals surface area contributed by atoms with E-state index in [0.29, 0.717) is 23.0 Å². The van der Waals surface area contributed by atoms with Crippen LogP contribution in [0.25, 0.3) is 6.08 Å². The number of hydrogen-bond donors (Lipinski definition) is 1. The lowest BCUT2D eigenvalue weighted by atomic mass is 10.2. The molecule has 0 aromatic heterocycles. The van der Waals surface area contributed by atoms with Gasteiger partial charge in [0.05, 0.1) is 15.6 Å². The Kier molecular flexibility index (Phi) is 6.44. The SMILES string of the molecule is C=CCOc1c(I)cc(/C=C2/SC(NC(C)=O)=NC2=O)cc1OC. The minimum atomic E-state index is -0.385. The van der Waals surface area contributed by atoms with E-state index in [2.05, 4.69) is 39.5 Å². The Morgan fingerprint density at radius 1 is 1.50 bits per heavy atom. The smallest absolute Gasteiger partial charge is 0.286 e. The average molecular weight is 458 g/mol. The highest BCUT2D eigenvalue weighted by atomic mass is 127. The fourth-order valence-electron chi connectivity index (χ4n) is 1.87. The first-order valence-electron chi connectivity index (χ1n) is 6.86. The molecule has 0 bridgehead atoms. The summed E-state index contributed by atoms with van der Waals surface area (Å²) in [5, 5.41) is 2.79. The normalized spacial score (nSPS) is 15.2. The van der Waals surface area contributed by atoms with E-state index in [-0.39, 0.29) is 17.0 Å². The molecule has 1 aliphatic heterocycles. The maximum Gasteiger partial charge on any atom is 0.286 e. The maximum atomic E-state index is 11.9. The van der Waals surface area contributed by atoms with Gasteiger partial charge in [-0.3, -0.25) is 9.59 Å². The van der Waals surface area contributed by atoms with Gasteiger partial charge >= 0.3 is 0 Å². The predicted molar refractivity (Wildman–Crippen MR) is 103 cm³/mol. The third-order valence-electron chi connectivity index (χ3n) is 2.80. The van der Waals surface area contributed by atoms with Gasteiger partial charge in [-0.05, 0) is 58.1 Å². The summed E-state index contributed by atoms with van der Waals surface area (Å²) in [5.41, 5.74) is 0.775. The minimum Gasteiger partial charge on any atom is -0.493 e. The Hall–Kier alpha value is -1.81. The molecule has 6 nitrogen and oxygen atoms in total. The number of amides is 2. The first kappa shape index (κ1) is 18.5. The van der Waals surface area contributed by atoms with Crippen molar-refractivity contribution in [1.29, 1.82) is 0 Å². The molecule has 126 valence electrons. The van der Waals surface area contributed by atoms with E-state index in [0.717, 1.165) is 20.9 Å². The monoisotopic (exact) mass is 458 g/mol. The molecular weight excluding hydrogens is 443 g/mol. The van der Waals surface area contributed by atoms with Gasteiger partial charge in [0.25, 0.3) is 5.91 Å². The fraction of sp³-hybridized carbons (Fsp3) is 0.188. The van der Waals surface area contributed by atoms with Crippen LogP contribution >= 0.6 is 34.4 Å². The second-order valence-electron chi connectivity index (χ2n) is 4.65. The number of benzene rings is 1. The number of halogens is 1. The molecule has 1 aromatic rings. The van der Waals surface area contributed by atoms with E-state index < -0.39 is 0 Å². The van der Waals surface area contributed by atoms with Crippen LogP contribution in [0.1, 0.15) is 12.5 Å². The van der Waals surface area contributed by atoms with Gasteiger partial charge in [0.1, 0.15) is 6.61 Å². The molecule has 8 heteroatoms. The number of carbonyl (C=O) groups is 2. The molecular formula is C16H15IN2O4S. The van der Waals surface area contributed by atoms with Crippen LogP contribution in [0.15, 0.2) is 34.7 Å². The molecule has 0 spiro atoms. The molecule has 2 amide bonds. The van der Waals surface area contributed by atoms with Crippen molar-refractivity contribution in [3.05, 3.63) is 38.8 Å². The van der Waals surface area contributed by atoms with E-state index >= 15 is 0 Å². The number of nitrogens with zero attached hydrogens (tertiary/aromatic N) is 1. The molecule has 0 unspecified atom stereocenters. The zero-order valence-corrected chi connectivity index (χ0v) is 16.1. The number of thioether (sulfide) groups is 1. The second-order valence-corrected chi connectivity index (χ2v) is 6.84. The largest absolute Gasteiger partial charge is 0.493 e. The maximum absolute atomic E-state index is 11.9. The highest BCUT2D eigenvalue weighted by Crippen LogP contribution is 2.36. The van der Waals surface area contributed by atoms with Crippen LogP contribution in [0.5, 0.6) is 11.5 Å². The summed E-state index contributed by atoms with van der Waals surface area (Å²) in [6.45, 7) is 5.36. The lowest BCUT2D eigenvalue weighted by molar-refractivity contribution is -0.117. The van der Waals surface area contributed by atoms with Crippen molar-refractivity contribution in [3.8, 4) is 11.5 Å². The van der Waals surface area contributed by atoms with Crippen LogP contribution < -0.4 is 14.8 Å². The van der Waals surface area contributed by atoms with Crippen LogP contribution in [-0.2, 0) is 9.59 Å². The van der Waals surface area contributed by atoms with E-state index in [1.807, 2.05) is 6.07 Å². The van der Waals surface area contributed by atoms with Crippen molar-refractivity contribution >= 4 is 57.4 Å². The van der Waals surface area contributed by atoms with Crippen molar-refractivity contribution in [2.75, 3.05) is 13.7 Å². The van der Waals surface area contributed by atoms with Crippen molar-refractivity contribution in [1.82, 2.24) is 5.32 Å². The number of aliphatic imine (C=N–C) groups is 1. The van der Waals surface area contributed by atoms with Crippen molar-refractivity contribution in [2.24, 2.45) is 4.99 Å². The lowest BCUT2D eigenvalue weighted by Crippen LogP contribution is -2.23. The van der Waals surface area contributed by atoms with E-state index in [4.69, 9.17) is 9.47 Å². The van der Waals surface area contributed by atoms with Gasteiger partial charge in [0.2, 0.25) is 5.91 Å². The van der Waals surface area contributed by atoms with E-state index in [1.165, 1.54) is 6.92 Å². The minimum absolute atomic E-state index is 0.268. The van der Waals surface area contributed by atoms with Gasteiger partial charge < -0.3 is 14.8 Å². The number of methoxy groups -OCH3 is 1. The molecule has 0 saturated heterocycles. The van der Waals surface area contributed by atoms with Crippen LogP contribution in [0.3, 0.4) is 0 Å². The summed E-state index contributed by atoms with van der Waals surface area (Å²) in [5.74, 6) is 0.537. The summed E-state index contributed by atoms with van der Waals surface area (Å²) in [6.07, 6.45) is 3.35. The highest BCUT2D eigenvalue weighted by Gasteiger charge is 2.23. The first-order chi connectivity index (χ1) is 11.4. The average Bonchev–Trinajstić information content (AvgIpc) is 2.84. The van der Waals surface area contributed by atoms with Crippen molar-refractivity contribution < 1.29 is 19.1 Å². The molecule has 0 aliphatic carbocycles. The topological polar surface area (TPSA) is 77.0 Å². The number of hydrogen-bond acceptors (Lipinski definition) is 5. The molecule has 24 heavy (non-hydrogen) atoms. The fourth-order valence-corrected chi connectivity index (χ4v) is 3.51. The van der Waals surface area contributed by atoms with Crippen LogP contribution in [-0.4, -0.2) is 30.7 Å². The predicted octanol–water partition coefficient (Wildman–Crippen LogP) is 2.97. The van der Waals surface area contributed by atoms with Crippen molar-refractivity contribution in [3.63, 3.8) is 0 Å². The molecule has 0 atom stereocenters. The molecule has 1 aliphatic rings. The van der Waals surface area contributed by atoms with Crippen LogP contribution in [0, 0.1) is 3.57 Å². The van der Waals surface area contributed by atoms with Crippen molar-refractivity contribution in [2.45, 2.75) is 6.92 Å². The Morgan fingerprint density at radius 3 is 2.88 bits per heavy atom. The van der Waals surface area contributed by atoms with E-state index in [1.54, 1.807) is 25.3 Å². The standard InChI is InChI=1S/C16H15IN2O4S/c1-4-5-23-14-11(17)6-10(7-12(14)22-3)8-13-15(21)19-16(24-13)18-9(2)20/h4,6-8H,1,5H2,2-3H3,(H,18,19,20,21)/b13-8+. The molecule has 1 aromatic carbocycles. The van der Waals surface area contributed by atoms with Crippen LogP contribution in [0.4, 0.5) is 0 Å². The number of rotatable bonds is 5. The molecule has 2 rings (SSSR count). The van der Waals surface area contributed by atoms with Gasteiger partial charge in [0, 0.05) is 6.92 Å². The molecule has 0 radical (unpaired) electrons.